The molecule has 1 amide bonds. The van der Waals surface area contributed by atoms with Crippen LogP contribution in [-0.2, 0) is 13.1 Å². The van der Waals surface area contributed by atoms with Gasteiger partial charge in [-0.2, -0.15) is 0 Å². The van der Waals surface area contributed by atoms with E-state index in [-0.39, 0.29) is 11.9 Å². The first kappa shape index (κ1) is 22.3. The van der Waals surface area contributed by atoms with E-state index in [1.165, 1.54) is 22.6 Å². The SMILES string of the molecule is CNCc1ccc(N2CCC[C@@H]2c2csc(NC(=O)c3cccn3Cc3ccncc3)n2)cc1. The van der Waals surface area contributed by atoms with Crippen molar-refractivity contribution >= 4 is 28.1 Å². The number of pyridine rings is 1. The van der Waals surface area contributed by atoms with Gasteiger partial charge in [0.1, 0.15) is 5.69 Å². The molecule has 1 atom stereocenters. The van der Waals surface area contributed by atoms with E-state index < -0.39 is 0 Å². The molecule has 4 heterocycles. The summed E-state index contributed by atoms with van der Waals surface area (Å²) >= 11 is 1.48. The third-order valence-corrected chi connectivity index (χ3v) is 6.93. The average molecular weight is 473 g/mol. The van der Waals surface area contributed by atoms with Crippen molar-refractivity contribution in [2.24, 2.45) is 0 Å². The number of rotatable bonds is 8. The average Bonchev–Trinajstić information content (AvgIpc) is 3.61. The van der Waals surface area contributed by atoms with Gasteiger partial charge in [-0.1, -0.05) is 12.1 Å². The van der Waals surface area contributed by atoms with Crippen LogP contribution in [-0.4, -0.2) is 34.0 Å². The first-order valence-corrected chi connectivity index (χ1v) is 12.4. The molecule has 174 valence electrons. The molecule has 0 bridgehead atoms. The number of thiazole rings is 1. The molecular weight excluding hydrogens is 444 g/mol. The number of carbonyl (C=O) groups excluding carboxylic acids is 1. The Bertz CT molecular complexity index is 1230. The van der Waals surface area contributed by atoms with Crippen LogP contribution < -0.4 is 15.5 Å². The van der Waals surface area contributed by atoms with Crippen molar-refractivity contribution in [2.45, 2.75) is 32.0 Å². The second-order valence-corrected chi connectivity index (χ2v) is 9.31. The molecule has 1 aliphatic rings. The minimum absolute atomic E-state index is 0.150. The van der Waals surface area contributed by atoms with Crippen molar-refractivity contribution < 1.29 is 4.79 Å². The Morgan fingerprint density at radius 3 is 2.74 bits per heavy atom. The van der Waals surface area contributed by atoms with Crippen molar-refractivity contribution in [3.05, 3.63) is 95.0 Å². The Labute approximate surface area is 203 Å². The minimum atomic E-state index is -0.150. The number of hydrogen-bond donors (Lipinski definition) is 2. The van der Waals surface area contributed by atoms with Gasteiger partial charge in [-0.25, -0.2) is 4.98 Å². The topological polar surface area (TPSA) is 75.1 Å². The highest BCUT2D eigenvalue weighted by Crippen LogP contribution is 2.37. The van der Waals surface area contributed by atoms with Crippen LogP contribution in [0.2, 0.25) is 0 Å². The van der Waals surface area contributed by atoms with Gasteiger partial charge in [0, 0.05) is 49.3 Å². The van der Waals surface area contributed by atoms with Gasteiger partial charge in [-0.3, -0.25) is 15.1 Å². The van der Waals surface area contributed by atoms with E-state index in [0.717, 1.165) is 37.2 Å². The van der Waals surface area contributed by atoms with Crippen LogP contribution in [0.5, 0.6) is 0 Å². The van der Waals surface area contributed by atoms with Gasteiger partial charge in [0.15, 0.2) is 5.13 Å². The maximum atomic E-state index is 13.0. The Morgan fingerprint density at radius 1 is 1.12 bits per heavy atom. The molecule has 1 fully saturated rings. The number of benzene rings is 1. The summed E-state index contributed by atoms with van der Waals surface area (Å²) < 4.78 is 1.94. The highest BCUT2D eigenvalue weighted by molar-refractivity contribution is 7.14. The lowest BCUT2D eigenvalue weighted by molar-refractivity contribution is 0.101. The monoisotopic (exact) mass is 472 g/mol. The summed E-state index contributed by atoms with van der Waals surface area (Å²) in [6.07, 6.45) is 7.63. The second kappa shape index (κ2) is 10.2. The summed E-state index contributed by atoms with van der Waals surface area (Å²) in [5.74, 6) is -0.150. The van der Waals surface area contributed by atoms with Crippen molar-refractivity contribution in [1.29, 1.82) is 0 Å². The number of amides is 1. The first-order valence-electron chi connectivity index (χ1n) is 11.5. The summed E-state index contributed by atoms with van der Waals surface area (Å²) in [7, 11) is 1.96. The molecule has 3 aromatic heterocycles. The van der Waals surface area contributed by atoms with Crippen molar-refractivity contribution in [2.75, 3.05) is 23.8 Å². The van der Waals surface area contributed by atoms with E-state index in [1.54, 1.807) is 12.4 Å². The van der Waals surface area contributed by atoms with Crippen LogP contribution in [0.3, 0.4) is 0 Å². The molecule has 0 radical (unpaired) electrons. The Hall–Kier alpha value is -3.49. The summed E-state index contributed by atoms with van der Waals surface area (Å²) in [4.78, 5) is 24.3. The van der Waals surface area contributed by atoms with Gasteiger partial charge >= 0.3 is 0 Å². The summed E-state index contributed by atoms with van der Waals surface area (Å²) in [5, 5.41) is 8.90. The Morgan fingerprint density at radius 2 is 1.94 bits per heavy atom. The van der Waals surface area contributed by atoms with Gasteiger partial charge in [0.2, 0.25) is 0 Å². The molecule has 4 aromatic rings. The fourth-order valence-electron chi connectivity index (χ4n) is 4.49. The van der Waals surface area contributed by atoms with Crippen LogP contribution in [0.4, 0.5) is 10.8 Å². The van der Waals surface area contributed by atoms with Crippen LogP contribution in [0.1, 0.15) is 46.2 Å². The third-order valence-electron chi connectivity index (χ3n) is 6.15. The number of hydrogen-bond acceptors (Lipinski definition) is 6. The summed E-state index contributed by atoms with van der Waals surface area (Å²) in [5.41, 5.74) is 5.21. The molecule has 7 nitrogen and oxygen atoms in total. The molecule has 0 unspecified atom stereocenters. The smallest absolute Gasteiger partial charge is 0.274 e. The van der Waals surface area contributed by atoms with Crippen LogP contribution >= 0.6 is 11.3 Å². The van der Waals surface area contributed by atoms with Crippen LogP contribution in [0.15, 0.2) is 72.5 Å². The molecule has 1 saturated heterocycles. The molecular formula is C26H28N6OS. The lowest BCUT2D eigenvalue weighted by Crippen LogP contribution is -2.23. The molecule has 34 heavy (non-hydrogen) atoms. The number of nitrogens with one attached hydrogen (secondary N) is 2. The lowest BCUT2D eigenvalue weighted by atomic mass is 10.1. The normalized spacial score (nSPS) is 15.6. The molecule has 1 aliphatic heterocycles. The van der Waals surface area contributed by atoms with Crippen LogP contribution in [0, 0.1) is 0 Å². The maximum Gasteiger partial charge on any atom is 0.274 e. The number of aromatic nitrogens is 3. The van der Waals surface area contributed by atoms with E-state index in [2.05, 4.69) is 50.2 Å². The molecule has 0 saturated carbocycles. The van der Waals surface area contributed by atoms with E-state index in [4.69, 9.17) is 4.98 Å². The zero-order valence-electron chi connectivity index (χ0n) is 19.1. The zero-order valence-corrected chi connectivity index (χ0v) is 20.0. The van der Waals surface area contributed by atoms with Crippen molar-refractivity contribution in [3.8, 4) is 0 Å². The third kappa shape index (κ3) is 4.88. The highest BCUT2D eigenvalue weighted by atomic mass is 32.1. The van der Waals surface area contributed by atoms with E-state index >= 15 is 0 Å². The van der Waals surface area contributed by atoms with Crippen molar-refractivity contribution in [1.82, 2.24) is 19.9 Å². The molecule has 8 heteroatoms. The fourth-order valence-corrected chi connectivity index (χ4v) is 5.25. The molecule has 1 aromatic carbocycles. The number of anilines is 2. The summed E-state index contributed by atoms with van der Waals surface area (Å²) in [6, 6.07) is 16.6. The van der Waals surface area contributed by atoms with E-state index in [1.807, 2.05) is 42.1 Å². The van der Waals surface area contributed by atoms with Gasteiger partial charge < -0.3 is 14.8 Å². The van der Waals surface area contributed by atoms with Gasteiger partial charge in [-0.05, 0) is 67.4 Å². The molecule has 5 rings (SSSR count). The standard InChI is InChI=1S/C26H28N6OS/c1-27-16-19-6-8-21(9-7-19)32-15-3-4-23(32)22-18-34-26(29-22)30-25(33)24-5-2-14-31(24)17-20-10-12-28-13-11-20/h2,5-14,18,23,27H,3-4,15-17H2,1H3,(H,29,30,33)/t23-/m1/s1. The van der Waals surface area contributed by atoms with E-state index in [0.29, 0.717) is 17.4 Å². The zero-order chi connectivity index (χ0) is 23.3. The summed E-state index contributed by atoms with van der Waals surface area (Å²) in [6.45, 7) is 2.49. The quantitative estimate of drug-likeness (QED) is 0.389. The Kier molecular flexibility index (Phi) is 6.69. The Balaban J connectivity index is 1.27. The van der Waals surface area contributed by atoms with Crippen molar-refractivity contribution in [3.63, 3.8) is 0 Å². The maximum absolute atomic E-state index is 13.0. The first-order chi connectivity index (χ1) is 16.7. The molecule has 2 N–H and O–H groups in total. The lowest BCUT2D eigenvalue weighted by Gasteiger charge is -2.25. The molecule has 0 aliphatic carbocycles. The molecule has 0 spiro atoms. The van der Waals surface area contributed by atoms with E-state index in [9.17, 15) is 4.79 Å². The van der Waals surface area contributed by atoms with Gasteiger partial charge in [0.25, 0.3) is 5.91 Å². The predicted molar refractivity (Wildman–Crippen MR) is 136 cm³/mol. The minimum Gasteiger partial charge on any atom is -0.363 e. The van der Waals surface area contributed by atoms with Crippen LogP contribution in [0.25, 0.3) is 0 Å². The largest absolute Gasteiger partial charge is 0.363 e. The fraction of sp³-hybridized carbons (Fsp3) is 0.269. The van der Waals surface area contributed by atoms with Gasteiger partial charge in [-0.15, -0.1) is 11.3 Å². The number of carbonyl (C=O) groups is 1. The predicted octanol–water partition coefficient (Wildman–Crippen LogP) is 4.70. The highest BCUT2D eigenvalue weighted by Gasteiger charge is 2.28. The second-order valence-electron chi connectivity index (χ2n) is 8.46. The number of nitrogens with zero attached hydrogens (tertiary/aromatic N) is 4. The van der Waals surface area contributed by atoms with Gasteiger partial charge in [0.05, 0.1) is 11.7 Å².